The van der Waals surface area contributed by atoms with E-state index in [9.17, 15) is 18.0 Å². The number of benzene rings is 2. The summed E-state index contributed by atoms with van der Waals surface area (Å²) in [5, 5.41) is 5.37. The molecule has 5 nitrogen and oxygen atoms in total. The van der Waals surface area contributed by atoms with E-state index in [2.05, 4.69) is 36.4 Å². The molecule has 0 unspecified atom stereocenters. The molecule has 0 fully saturated rings. The standard InChI is InChI=1S/C23H22F3N3O2/c1-22(2,3)15-7-9-17(10-8-15)28-21(30)29-18-11-12-20(27-14-18)31-19-6-4-5-16(13-19)23(24,25)26/h4-14H,1-3H3,(H2,28,29,30). The van der Waals surface area contributed by atoms with Crippen molar-refractivity contribution in [2.75, 3.05) is 10.6 Å². The first kappa shape index (κ1) is 22.1. The Bertz CT molecular complexity index is 1040. The number of amides is 2. The number of aromatic nitrogens is 1. The van der Waals surface area contributed by atoms with Crippen LogP contribution in [0.25, 0.3) is 0 Å². The Labute approximate surface area is 178 Å². The van der Waals surface area contributed by atoms with Crippen LogP contribution in [0, 0.1) is 0 Å². The number of nitrogens with zero attached hydrogens (tertiary/aromatic N) is 1. The van der Waals surface area contributed by atoms with Gasteiger partial charge in [-0.15, -0.1) is 0 Å². The molecule has 0 aliphatic rings. The van der Waals surface area contributed by atoms with Crippen molar-refractivity contribution in [1.82, 2.24) is 4.98 Å². The molecule has 0 bridgehead atoms. The molecule has 2 amide bonds. The van der Waals surface area contributed by atoms with Gasteiger partial charge in [-0.05, 0) is 47.4 Å². The van der Waals surface area contributed by atoms with E-state index in [1.54, 1.807) is 0 Å². The van der Waals surface area contributed by atoms with Gasteiger partial charge in [0.15, 0.2) is 0 Å². The number of ether oxygens (including phenoxy) is 1. The fourth-order valence-corrected chi connectivity index (χ4v) is 2.72. The van der Waals surface area contributed by atoms with Gasteiger partial charge in [0.25, 0.3) is 0 Å². The number of alkyl halides is 3. The molecule has 0 saturated carbocycles. The van der Waals surface area contributed by atoms with E-state index >= 15 is 0 Å². The lowest BCUT2D eigenvalue weighted by molar-refractivity contribution is -0.137. The maximum atomic E-state index is 12.8. The molecule has 2 aromatic carbocycles. The first-order valence-corrected chi connectivity index (χ1v) is 9.50. The second kappa shape index (κ2) is 8.67. The van der Waals surface area contributed by atoms with Gasteiger partial charge in [-0.1, -0.05) is 39.0 Å². The van der Waals surface area contributed by atoms with E-state index in [-0.39, 0.29) is 17.0 Å². The molecule has 0 aliphatic carbocycles. The van der Waals surface area contributed by atoms with Crippen molar-refractivity contribution in [3.63, 3.8) is 0 Å². The number of hydrogen-bond donors (Lipinski definition) is 2. The molecule has 0 aliphatic heterocycles. The van der Waals surface area contributed by atoms with Crippen LogP contribution >= 0.6 is 0 Å². The van der Waals surface area contributed by atoms with Crippen LogP contribution in [0.3, 0.4) is 0 Å². The molecule has 8 heteroatoms. The molecule has 0 atom stereocenters. The first-order chi connectivity index (χ1) is 14.5. The van der Waals surface area contributed by atoms with Crippen molar-refractivity contribution in [1.29, 1.82) is 0 Å². The maximum Gasteiger partial charge on any atom is 0.416 e. The van der Waals surface area contributed by atoms with Gasteiger partial charge in [-0.25, -0.2) is 9.78 Å². The number of nitrogens with one attached hydrogen (secondary N) is 2. The van der Waals surface area contributed by atoms with Gasteiger partial charge >= 0.3 is 12.2 Å². The number of pyridine rings is 1. The molecule has 0 saturated heterocycles. The van der Waals surface area contributed by atoms with Crippen molar-refractivity contribution < 1.29 is 22.7 Å². The Kier molecular flexibility index (Phi) is 6.19. The fraction of sp³-hybridized carbons (Fsp3) is 0.217. The first-order valence-electron chi connectivity index (χ1n) is 9.50. The number of hydrogen-bond acceptors (Lipinski definition) is 3. The number of carbonyl (C=O) groups excluding carboxylic acids is 1. The normalized spacial score (nSPS) is 11.7. The predicted molar refractivity (Wildman–Crippen MR) is 114 cm³/mol. The summed E-state index contributed by atoms with van der Waals surface area (Å²) < 4.78 is 43.7. The van der Waals surface area contributed by atoms with E-state index in [1.165, 1.54) is 30.5 Å². The lowest BCUT2D eigenvalue weighted by Crippen LogP contribution is -2.19. The molecule has 1 heterocycles. The smallest absolute Gasteiger partial charge is 0.416 e. The second-order valence-corrected chi connectivity index (χ2v) is 7.92. The highest BCUT2D eigenvalue weighted by Gasteiger charge is 2.30. The van der Waals surface area contributed by atoms with Gasteiger partial charge in [0.1, 0.15) is 5.75 Å². The molecule has 0 radical (unpaired) electrons. The van der Waals surface area contributed by atoms with Gasteiger partial charge in [0, 0.05) is 11.8 Å². The van der Waals surface area contributed by atoms with Crippen LogP contribution in [0.5, 0.6) is 11.6 Å². The SMILES string of the molecule is CC(C)(C)c1ccc(NC(=O)Nc2ccc(Oc3cccc(C(F)(F)F)c3)nc2)cc1. The lowest BCUT2D eigenvalue weighted by atomic mass is 9.87. The van der Waals surface area contributed by atoms with Gasteiger partial charge in [-0.3, -0.25) is 0 Å². The third-order valence-corrected chi connectivity index (χ3v) is 4.39. The second-order valence-electron chi connectivity index (χ2n) is 7.92. The van der Waals surface area contributed by atoms with Gasteiger partial charge in [0.2, 0.25) is 5.88 Å². The monoisotopic (exact) mass is 429 g/mol. The quantitative estimate of drug-likeness (QED) is 0.478. The van der Waals surface area contributed by atoms with Crippen molar-refractivity contribution >= 4 is 17.4 Å². The van der Waals surface area contributed by atoms with Crippen LogP contribution < -0.4 is 15.4 Å². The Morgan fingerprint density at radius 1 is 0.871 bits per heavy atom. The maximum absolute atomic E-state index is 12.8. The molecule has 3 rings (SSSR count). The topological polar surface area (TPSA) is 63.2 Å². The highest BCUT2D eigenvalue weighted by Crippen LogP contribution is 2.32. The number of urea groups is 1. The minimum atomic E-state index is -4.46. The molecule has 3 aromatic rings. The highest BCUT2D eigenvalue weighted by atomic mass is 19.4. The third kappa shape index (κ3) is 6.21. The Morgan fingerprint density at radius 2 is 1.52 bits per heavy atom. The van der Waals surface area contributed by atoms with Crippen molar-refractivity contribution in [3.8, 4) is 11.6 Å². The summed E-state index contributed by atoms with van der Waals surface area (Å²) in [4.78, 5) is 16.2. The van der Waals surface area contributed by atoms with Crippen molar-refractivity contribution in [2.24, 2.45) is 0 Å². The van der Waals surface area contributed by atoms with Crippen LogP contribution in [0.4, 0.5) is 29.3 Å². The Morgan fingerprint density at radius 3 is 2.10 bits per heavy atom. The summed E-state index contributed by atoms with van der Waals surface area (Å²) >= 11 is 0. The van der Waals surface area contributed by atoms with Crippen LogP contribution in [0.1, 0.15) is 31.9 Å². The predicted octanol–water partition coefficient (Wildman–Crippen LogP) is 6.83. The molecule has 1 aromatic heterocycles. The minimum absolute atomic E-state index is 0.0134. The molecule has 162 valence electrons. The van der Waals surface area contributed by atoms with Gasteiger partial charge in [0.05, 0.1) is 17.4 Å². The number of rotatable bonds is 4. The number of anilines is 2. The zero-order valence-electron chi connectivity index (χ0n) is 17.2. The average molecular weight is 429 g/mol. The van der Waals surface area contributed by atoms with E-state index in [0.717, 1.165) is 17.7 Å². The summed E-state index contributed by atoms with van der Waals surface area (Å²) in [6.45, 7) is 6.32. The highest BCUT2D eigenvalue weighted by molar-refractivity contribution is 5.99. The Hall–Kier alpha value is -3.55. The van der Waals surface area contributed by atoms with Crippen LogP contribution in [-0.4, -0.2) is 11.0 Å². The largest absolute Gasteiger partial charge is 0.439 e. The summed E-state index contributed by atoms with van der Waals surface area (Å²) in [6, 6.07) is 14.6. The number of carbonyl (C=O) groups is 1. The van der Waals surface area contributed by atoms with E-state index in [0.29, 0.717) is 11.4 Å². The fourth-order valence-electron chi connectivity index (χ4n) is 2.72. The van der Waals surface area contributed by atoms with Gasteiger partial charge < -0.3 is 15.4 Å². The van der Waals surface area contributed by atoms with Gasteiger partial charge in [-0.2, -0.15) is 13.2 Å². The molecular formula is C23H22F3N3O2. The van der Waals surface area contributed by atoms with E-state index in [1.807, 2.05) is 24.3 Å². The number of halogens is 3. The van der Waals surface area contributed by atoms with E-state index in [4.69, 9.17) is 4.74 Å². The molecule has 31 heavy (non-hydrogen) atoms. The van der Waals surface area contributed by atoms with Crippen molar-refractivity contribution in [2.45, 2.75) is 32.4 Å². The van der Waals surface area contributed by atoms with Crippen LogP contribution in [0.2, 0.25) is 0 Å². The Balaban J connectivity index is 1.58. The van der Waals surface area contributed by atoms with Crippen molar-refractivity contribution in [3.05, 3.63) is 78.0 Å². The van der Waals surface area contributed by atoms with Crippen LogP contribution in [-0.2, 0) is 11.6 Å². The third-order valence-electron chi connectivity index (χ3n) is 4.39. The zero-order chi connectivity index (χ0) is 22.6. The van der Waals surface area contributed by atoms with Crippen LogP contribution in [0.15, 0.2) is 66.9 Å². The summed E-state index contributed by atoms with van der Waals surface area (Å²) in [6.07, 6.45) is -3.10. The minimum Gasteiger partial charge on any atom is -0.439 e. The summed E-state index contributed by atoms with van der Waals surface area (Å²) in [5.74, 6) is 0.113. The molecule has 0 spiro atoms. The zero-order valence-corrected chi connectivity index (χ0v) is 17.2. The molecule has 2 N–H and O–H groups in total. The molecular weight excluding hydrogens is 407 g/mol. The average Bonchev–Trinajstić information content (AvgIpc) is 2.69. The summed E-state index contributed by atoms with van der Waals surface area (Å²) in [5.41, 5.74) is 1.40. The summed E-state index contributed by atoms with van der Waals surface area (Å²) in [7, 11) is 0. The lowest BCUT2D eigenvalue weighted by Gasteiger charge is -2.19. The van der Waals surface area contributed by atoms with E-state index < -0.39 is 17.8 Å².